The van der Waals surface area contributed by atoms with Crippen molar-refractivity contribution in [2.75, 3.05) is 6.54 Å². The number of amides is 1. The minimum absolute atomic E-state index is 0.00576. The molecule has 4 rings (SSSR count). The summed E-state index contributed by atoms with van der Waals surface area (Å²) in [7, 11) is 0. The largest absolute Gasteiger partial charge is 0.332 e. The second kappa shape index (κ2) is 6.63. The zero-order valence-corrected chi connectivity index (χ0v) is 13.9. The van der Waals surface area contributed by atoms with Gasteiger partial charge in [0.25, 0.3) is 5.91 Å². The molecule has 0 saturated carbocycles. The van der Waals surface area contributed by atoms with Crippen molar-refractivity contribution in [3.05, 3.63) is 77.7 Å². The van der Waals surface area contributed by atoms with Gasteiger partial charge in [-0.05, 0) is 49.1 Å². The lowest BCUT2D eigenvalue weighted by atomic mass is 9.94. The van der Waals surface area contributed by atoms with E-state index in [1.54, 1.807) is 24.4 Å². The van der Waals surface area contributed by atoms with Crippen LogP contribution in [0.5, 0.6) is 0 Å². The number of piperidine rings is 1. The van der Waals surface area contributed by atoms with E-state index in [0.29, 0.717) is 5.56 Å². The molecular weight excluding hydrogens is 315 g/mol. The van der Waals surface area contributed by atoms with Crippen molar-refractivity contribution in [1.82, 2.24) is 9.88 Å². The fourth-order valence-corrected chi connectivity index (χ4v) is 3.64. The molecule has 0 bridgehead atoms. The highest BCUT2D eigenvalue weighted by molar-refractivity contribution is 6.06. The summed E-state index contributed by atoms with van der Waals surface area (Å²) in [4.78, 5) is 19.6. The Bertz CT molecular complexity index is 902. The van der Waals surface area contributed by atoms with Crippen molar-refractivity contribution in [3.63, 3.8) is 0 Å². The van der Waals surface area contributed by atoms with Crippen LogP contribution in [0, 0.1) is 5.82 Å². The van der Waals surface area contributed by atoms with Gasteiger partial charge in [0.2, 0.25) is 0 Å². The molecular formula is C21H19FN2O. The number of nitrogens with zero attached hydrogens (tertiary/aromatic N) is 2. The monoisotopic (exact) mass is 334 g/mol. The van der Waals surface area contributed by atoms with E-state index in [0.717, 1.165) is 42.3 Å². The summed E-state index contributed by atoms with van der Waals surface area (Å²) >= 11 is 0. The number of fused-ring (bicyclic) bond motifs is 1. The molecule has 1 aliphatic rings. The number of halogens is 1. The molecule has 3 nitrogen and oxygen atoms in total. The van der Waals surface area contributed by atoms with Gasteiger partial charge in [-0.1, -0.05) is 30.3 Å². The Morgan fingerprint density at radius 3 is 2.68 bits per heavy atom. The predicted octanol–water partition coefficient (Wildman–Crippen LogP) is 4.74. The van der Waals surface area contributed by atoms with Crippen LogP contribution in [0.4, 0.5) is 4.39 Å². The third kappa shape index (κ3) is 3.00. The number of aromatic nitrogens is 1. The van der Waals surface area contributed by atoms with Crippen LogP contribution in [0.3, 0.4) is 0 Å². The van der Waals surface area contributed by atoms with Gasteiger partial charge in [-0.25, -0.2) is 4.39 Å². The van der Waals surface area contributed by atoms with Gasteiger partial charge in [-0.3, -0.25) is 9.78 Å². The highest BCUT2D eigenvalue weighted by Crippen LogP contribution is 2.33. The highest BCUT2D eigenvalue weighted by atomic mass is 19.1. The van der Waals surface area contributed by atoms with Gasteiger partial charge >= 0.3 is 0 Å². The average Bonchev–Trinajstić information content (AvgIpc) is 2.68. The Kier molecular flexibility index (Phi) is 4.18. The van der Waals surface area contributed by atoms with Crippen molar-refractivity contribution in [3.8, 4) is 0 Å². The number of para-hydroxylation sites is 1. The number of benzene rings is 2. The van der Waals surface area contributed by atoms with Gasteiger partial charge in [-0.15, -0.1) is 0 Å². The number of likely N-dealkylation sites (tertiary alicyclic amines) is 1. The SMILES string of the molecule is O=C(c1ccnc2ccccc12)N1CCCCC1c1ccc(F)cc1. The van der Waals surface area contributed by atoms with Crippen LogP contribution in [-0.2, 0) is 0 Å². The van der Waals surface area contributed by atoms with Crippen LogP contribution in [0.15, 0.2) is 60.8 Å². The van der Waals surface area contributed by atoms with E-state index >= 15 is 0 Å². The third-order valence-corrected chi connectivity index (χ3v) is 4.90. The smallest absolute Gasteiger partial charge is 0.255 e. The van der Waals surface area contributed by atoms with E-state index in [2.05, 4.69) is 4.98 Å². The molecule has 0 aliphatic carbocycles. The van der Waals surface area contributed by atoms with Gasteiger partial charge in [0.05, 0.1) is 17.1 Å². The van der Waals surface area contributed by atoms with E-state index in [1.807, 2.05) is 29.2 Å². The Hall–Kier alpha value is -2.75. The molecule has 25 heavy (non-hydrogen) atoms. The van der Waals surface area contributed by atoms with Gasteiger partial charge < -0.3 is 4.90 Å². The summed E-state index contributed by atoms with van der Waals surface area (Å²) < 4.78 is 13.3. The molecule has 126 valence electrons. The molecule has 1 aliphatic heterocycles. The van der Waals surface area contributed by atoms with Crippen molar-refractivity contribution < 1.29 is 9.18 Å². The summed E-state index contributed by atoms with van der Waals surface area (Å²) in [5, 5.41) is 0.874. The summed E-state index contributed by atoms with van der Waals surface area (Å²) in [6, 6.07) is 16.0. The van der Waals surface area contributed by atoms with Crippen LogP contribution in [0.25, 0.3) is 10.9 Å². The molecule has 2 aromatic carbocycles. The summed E-state index contributed by atoms with van der Waals surface area (Å²) in [5.74, 6) is -0.231. The molecule has 1 unspecified atom stereocenters. The quantitative estimate of drug-likeness (QED) is 0.678. The maximum Gasteiger partial charge on any atom is 0.255 e. The number of carbonyl (C=O) groups is 1. The Morgan fingerprint density at radius 1 is 1.04 bits per heavy atom. The first-order valence-corrected chi connectivity index (χ1v) is 8.64. The molecule has 1 fully saturated rings. The molecule has 2 heterocycles. The Labute approximate surface area is 146 Å². The fourth-order valence-electron chi connectivity index (χ4n) is 3.64. The van der Waals surface area contributed by atoms with Crippen molar-refractivity contribution >= 4 is 16.8 Å². The second-order valence-electron chi connectivity index (χ2n) is 6.44. The minimum atomic E-state index is -0.252. The maximum atomic E-state index is 13.3. The Morgan fingerprint density at radius 2 is 1.84 bits per heavy atom. The number of rotatable bonds is 2. The molecule has 1 amide bonds. The van der Waals surface area contributed by atoms with Crippen LogP contribution in [0.1, 0.15) is 41.2 Å². The van der Waals surface area contributed by atoms with Gasteiger partial charge in [0, 0.05) is 18.1 Å². The highest BCUT2D eigenvalue weighted by Gasteiger charge is 2.29. The van der Waals surface area contributed by atoms with Crippen molar-refractivity contribution in [1.29, 1.82) is 0 Å². The third-order valence-electron chi connectivity index (χ3n) is 4.90. The summed E-state index contributed by atoms with van der Waals surface area (Å²) in [6.07, 6.45) is 4.65. The van der Waals surface area contributed by atoms with Gasteiger partial charge in [0.15, 0.2) is 0 Å². The van der Waals surface area contributed by atoms with Crippen LogP contribution < -0.4 is 0 Å². The first-order valence-electron chi connectivity index (χ1n) is 8.64. The fraction of sp³-hybridized carbons (Fsp3) is 0.238. The normalized spacial score (nSPS) is 17.6. The molecule has 1 aromatic heterocycles. The van der Waals surface area contributed by atoms with E-state index in [4.69, 9.17) is 0 Å². The summed E-state index contributed by atoms with van der Waals surface area (Å²) in [6.45, 7) is 0.720. The summed E-state index contributed by atoms with van der Waals surface area (Å²) in [5.41, 5.74) is 2.50. The first-order chi connectivity index (χ1) is 12.2. The molecule has 0 radical (unpaired) electrons. The van der Waals surface area contributed by atoms with E-state index in [9.17, 15) is 9.18 Å². The lowest BCUT2D eigenvalue weighted by Gasteiger charge is -2.36. The van der Waals surface area contributed by atoms with Crippen LogP contribution >= 0.6 is 0 Å². The molecule has 0 N–H and O–H groups in total. The van der Waals surface area contributed by atoms with E-state index in [1.165, 1.54) is 12.1 Å². The zero-order valence-electron chi connectivity index (χ0n) is 13.9. The first kappa shape index (κ1) is 15.8. The lowest BCUT2D eigenvalue weighted by Crippen LogP contribution is -2.38. The topological polar surface area (TPSA) is 33.2 Å². The van der Waals surface area contributed by atoms with Crippen LogP contribution in [0.2, 0.25) is 0 Å². The number of hydrogen-bond acceptors (Lipinski definition) is 2. The van der Waals surface area contributed by atoms with Crippen molar-refractivity contribution in [2.24, 2.45) is 0 Å². The molecule has 1 saturated heterocycles. The number of carbonyl (C=O) groups excluding carboxylic acids is 1. The molecule has 0 spiro atoms. The van der Waals surface area contributed by atoms with Gasteiger partial charge in [-0.2, -0.15) is 0 Å². The standard InChI is InChI=1S/C21H19FN2O/c22-16-10-8-15(9-11-16)20-7-3-4-14-24(20)21(25)18-12-13-23-19-6-2-1-5-17(18)19/h1-2,5-6,8-13,20H,3-4,7,14H2. The van der Waals surface area contributed by atoms with E-state index < -0.39 is 0 Å². The number of hydrogen-bond donors (Lipinski definition) is 0. The second-order valence-corrected chi connectivity index (χ2v) is 6.44. The zero-order chi connectivity index (χ0) is 17.2. The van der Waals surface area contributed by atoms with Crippen LogP contribution in [-0.4, -0.2) is 22.3 Å². The van der Waals surface area contributed by atoms with E-state index in [-0.39, 0.29) is 17.8 Å². The van der Waals surface area contributed by atoms with Gasteiger partial charge in [0.1, 0.15) is 5.82 Å². The van der Waals surface area contributed by atoms with Crippen molar-refractivity contribution in [2.45, 2.75) is 25.3 Å². The minimum Gasteiger partial charge on any atom is -0.332 e. The average molecular weight is 334 g/mol. The molecule has 1 atom stereocenters. The Balaban J connectivity index is 1.72. The maximum absolute atomic E-state index is 13.3. The lowest BCUT2D eigenvalue weighted by molar-refractivity contribution is 0.0613. The number of pyridine rings is 1. The molecule has 4 heteroatoms. The molecule has 3 aromatic rings. The predicted molar refractivity (Wildman–Crippen MR) is 95.8 cm³/mol.